The van der Waals surface area contributed by atoms with E-state index in [-0.39, 0.29) is 6.10 Å². The average Bonchev–Trinajstić information content (AvgIpc) is 2.84. The van der Waals surface area contributed by atoms with E-state index in [0.717, 1.165) is 32.1 Å². The quantitative estimate of drug-likeness (QED) is 0.795. The number of nitrogens with zero attached hydrogens (tertiary/aromatic N) is 3. The van der Waals surface area contributed by atoms with Gasteiger partial charge in [-0.05, 0) is 51.3 Å². The van der Waals surface area contributed by atoms with E-state index in [0.29, 0.717) is 12.6 Å². The molecule has 0 spiro atoms. The highest BCUT2D eigenvalue weighted by atomic mass is 16.3. The lowest BCUT2D eigenvalue weighted by Crippen LogP contribution is -2.44. The zero-order valence-electron chi connectivity index (χ0n) is 13.6. The number of hydrogen-bond donors (Lipinski definition) is 2. The van der Waals surface area contributed by atoms with Crippen molar-refractivity contribution in [3.05, 3.63) is 18.0 Å². The van der Waals surface area contributed by atoms with E-state index < -0.39 is 0 Å². The largest absolute Gasteiger partial charge is 0.390 e. The summed E-state index contributed by atoms with van der Waals surface area (Å²) in [5.41, 5.74) is 1.18. The summed E-state index contributed by atoms with van der Waals surface area (Å²) < 4.78 is 1.95. The Kier molecular flexibility index (Phi) is 6.21. The Labute approximate surface area is 128 Å². The zero-order chi connectivity index (χ0) is 15.2. The molecule has 1 aromatic rings. The number of rotatable bonds is 7. The number of aromatic nitrogens is 2. The van der Waals surface area contributed by atoms with Crippen LogP contribution in [0.4, 0.5) is 0 Å². The van der Waals surface area contributed by atoms with Crippen molar-refractivity contribution in [1.82, 2.24) is 20.0 Å². The molecule has 2 atom stereocenters. The van der Waals surface area contributed by atoms with E-state index >= 15 is 0 Å². The maximum absolute atomic E-state index is 10.2. The van der Waals surface area contributed by atoms with Crippen molar-refractivity contribution in [3.63, 3.8) is 0 Å². The predicted octanol–water partition coefficient (Wildman–Crippen LogP) is 1.26. The summed E-state index contributed by atoms with van der Waals surface area (Å²) in [5.74, 6) is 0.842. The number of aliphatic hydroxyl groups is 1. The van der Waals surface area contributed by atoms with Crippen LogP contribution in [0.1, 0.15) is 32.3 Å². The van der Waals surface area contributed by atoms with E-state index in [1.165, 1.54) is 18.4 Å². The Hall–Kier alpha value is -0.910. The van der Waals surface area contributed by atoms with Crippen molar-refractivity contribution in [2.45, 2.75) is 52.3 Å². The van der Waals surface area contributed by atoms with Crippen LogP contribution in [0.25, 0.3) is 0 Å². The number of aliphatic hydroxyl groups excluding tert-OH is 1. The minimum absolute atomic E-state index is 0.291. The van der Waals surface area contributed by atoms with Crippen LogP contribution in [-0.4, -0.2) is 58.1 Å². The molecular formula is C16H30N4O. The second-order valence-electron chi connectivity index (χ2n) is 6.69. The first kappa shape index (κ1) is 16.5. The maximum atomic E-state index is 10.2. The third-order valence-corrected chi connectivity index (χ3v) is 4.27. The first-order valence-corrected chi connectivity index (χ1v) is 8.16. The Balaban J connectivity index is 1.62. The summed E-state index contributed by atoms with van der Waals surface area (Å²) in [7, 11) is 0. The first-order valence-electron chi connectivity index (χ1n) is 8.16. The Morgan fingerprint density at radius 1 is 1.38 bits per heavy atom. The van der Waals surface area contributed by atoms with Crippen LogP contribution >= 0.6 is 0 Å². The summed E-state index contributed by atoms with van der Waals surface area (Å²) in [5, 5.41) is 17.9. The van der Waals surface area contributed by atoms with Gasteiger partial charge in [-0.25, -0.2) is 0 Å². The minimum Gasteiger partial charge on any atom is -0.390 e. The zero-order valence-corrected chi connectivity index (χ0v) is 13.6. The molecule has 2 rings (SSSR count). The number of nitrogens with one attached hydrogen (secondary N) is 1. The third-order valence-electron chi connectivity index (χ3n) is 4.27. The number of β-amino-alcohol motifs (C(OH)–C–C–N with tert-alkyl or cyclic N) is 1. The Morgan fingerprint density at radius 3 is 2.71 bits per heavy atom. The molecule has 120 valence electrons. The predicted molar refractivity (Wildman–Crippen MR) is 85.3 cm³/mol. The van der Waals surface area contributed by atoms with Gasteiger partial charge in [0.25, 0.3) is 0 Å². The van der Waals surface area contributed by atoms with Crippen LogP contribution in [0.3, 0.4) is 0 Å². The first-order chi connectivity index (χ1) is 10.0. The van der Waals surface area contributed by atoms with E-state index in [9.17, 15) is 5.11 Å². The SMILES string of the molecule is Cc1cnn(CC(C)NCC(O)CN2CCC(C)CC2)c1. The summed E-state index contributed by atoms with van der Waals surface area (Å²) in [4.78, 5) is 2.38. The summed E-state index contributed by atoms with van der Waals surface area (Å²) in [6.07, 6.45) is 6.15. The van der Waals surface area contributed by atoms with Crippen LogP contribution in [-0.2, 0) is 6.54 Å². The highest BCUT2D eigenvalue weighted by molar-refractivity contribution is 4.99. The molecule has 0 amide bonds. The number of hydrogen-bond acceptors (Lipinski definition) is 4. The fourth-order valence-electron chi connectivity index (χ4n) is 2.86. The average molecular weight is 294 g/mol. The molecule has 1 saturated heterocycles. The van der Waals surface area contributed by atoms with Gasteiger partial charge in [0.15, 0.2) is 0 Å². The Bertz CT molecular complexity index is 412. The molecular weight excluding hydrogens is 264 g/mol. The normalized spacial score (nSPS) is 20.6. The van der Waals surface area contributed by atoms with Gasteiger partial charge in [-0.2, -0.15) is 5.10 Å². The minimum atomic E-state index is -0.291. The standard InChI is InChI=1S/C16H30N4O/c1-13-4-6-19(7-5-13)12-16(21)9-17-15(3)11-20-10-14(2)8-18-20/h8,10,13,15-17,21H,4-7,9,11-12H2,1-3H3. The monoisotopic (exact) mass is 294 g/mol. The molecule has 2 N–H and O–H groups in total. The van der Waals surface area contributed by atoms with Crippen molar-refractivity contribution < 1.29 is 5.11 Å². The van der Waals surface area contributed by atoms with E-state index in [1.807, 2.05) is 24.0 Å². The van der Waals surface area contributed by atoms with Gasteiger partial charge in [-0.3, -0.25) is 4.68 Å². The van der Waals surface area contributed by atoms with Gasteiger partial charge in [-0.15, -0.1) is 0 Å². The lowest BCUT2D eigenvalue weighted by Gasteiger charge is -2.32. The molecule has 0 aliphatic carbocycles. The molecule has 0 aromatic carbocycles. The maximum Gasteiger partial charge on any atom is 0.0791 e. The highest BCUT2D eigenvalue weighted by Crippen LogP contribution is 2.15. The molecule has 5 nitrogen and oxygen atoms in total. The summed E-state index contributed by atoms with van der Waals surface area (Å²) in [6.45, 7) is 11.0. The number of aryl methyl sites for hydroxylation is 1. The van der Waals surface area contributed by atoms with Gasteiger partial charge in [0.1, 0.15) is 0 Å². The fraction of sp³-hybridized carbons (Fsp3) is 0.812. The molecule has 1 fully saturated rings. The van der Waals surface area contributed by atoms with Crippen molar-refractivity contribution in [3.8, 4) is 0 Å². The number of likely N-dealkylation sites (tertiary alicyclic amines) is 1. The van der Waals surface area contributed by atoms with Gasteiger partial charge < -0.3 is 15.3 Å². The fourth-order valence-corrected chi connectivity index (χ4v) is 2.86. The molecule has 0 radical (unpaired) electrons. The lowest BCUT2D eigenvalue weighted by atomic mass is 9.99. The van der Waals surface area contributed by atoms with Crippen molar-refractivity contribution in [2.75, 3.05) is 26.2 Å². The molecule has 1 aliphatic heterocycles. The van der Waals surface area contributed by atoms with Crippen LogP contribution in [0.2, 0.25) is 0 Å². The molecule has 1 aliphatic rings. The van der Waals surface area contributed by atoms with Gasteiger partial charge in [0.05, 0.1) is 18.8 Å². The van der Waals surface area contributed by atoms with E-state index in [1.54, 1.807) is 0 Å². The second kappa shape index (κ2) is 7.92. The van der Waals surface area contributed by atoms with Gasteiger partial charge >= 0.3 is 0 Å². The van der Waals surface area contributed by atoms with Gasteiger partial charge in [0.2, 0.25) is 0 Å². The molecule has 0 saturated carbocycles. The van der Waals surface area contributed by atoms with Gasteiger partial charge in [-0.1, -0.05) is 6.92 Å². The van der Waals surface area contributed by atoms with E-state index in [2.05, 4.69) is 29.2 Å². The van der Waals surface area contributed by atoms with Crippen molar-refractivity contribution in [1.29, 1.82) is 0 Å². The topological polar surface area (TPSA) is 53.3 Å². The van der Waals surface area contributed by atoms with E-state index in [4.69, 9.17) is 0 Å². The summed E-state index contributed by atoms with van der Waals surface area (Å²) >= 11 is 0. The molecule has 0 bridgehead atoms. The molecule has 2 heterocycles. The van der Waals surface area contributed by atoms with Crippen molar-refractivity contribution in [2.24, 2.45) is 5.92 Å². The smallest absolute Gasteiger partial charge is 0.0791 e. The van der Waals surface area contributed by atoms with Crippen molar-refractivity contribution >= 4 is 0 Å². The van der Waals surface area contributed by atoms with Crippen LogP contribution < -0.4 is 5.32 Å². The molecule has 5 heteroatoms. The number of piperidine rings is 1. The summed E-state index contributed by atoms with van der Waals surface area (Å²) in [6, 6.07) is 0.306. The van der Waals surface area contributed by atoms with Crippen LogP contribution in [0, 0.1) is 12.8 Å². The van der Waals surface area contributed by atoms with Crippen LogP contribution in [0.5, 0.6) is 0 Å². The van der Waals surface area contributed by atoms with Gasteiger partial charge in [0, 0.05) is 25.3 Å². The Morgan fingerprint density at radius 2 is 2.10 bits per heavy atom. The highest BCUT2D eigenvalue weighted by Gasteiger charge is 2.18. The second-order valence-corrected chi connectivity index (χ2v) is 6.69. The molecule has 2 unspecified atom stereocenters. The third kappa shape index (κ3) is 5.77. The van der Waals surface area contributed by atoms with Crippen LogP contribution in [0.15, 0.2) is 12.4 Å². The lowest BCUT2D eigenvalue weighted by molar-refractivity contribution is 0.0887. The molecule has 21 heavy (non-hydrogen) atoms. The molecule has 1 aromatic heterocycles.